The summed E-state index contributed by atoms with van der Waals surface area (Å²) < 4.78 is 5.16. The maximum Gasteiger partial charge on any atom is 0.224 e. The monoisotopic (exact) mass is 261 g/mol. The van der Waals surface area contributed by atoms with Crippen LogP contribution in [0.2, 0.25) is 0 Å². The number of nitrogens with zero attached hydrogens (tertiary/aromatic N) is 1. The van der Waals surface area contributed by atoms with Gasteiger partial charge in [0.1, 0.15) is 11.8 Å². The van der Waals surface area contributed by atoms with E-state index in [9.17, 15) is 4.79 Å². The summed E-state index contributed by atoms with van der Waals surface area (Å²) in [6.07, 6.45) is 1.22. The van der Waals surface area contributed by atoms with Crippen LogP contribution in [0.3, 0.4) is 0 Å². The molecular formula is C14H19N3O2. The topological polar surface area (TPSA) is 88.1 Å². The number of rotatable bonds is 7. The standard InChI is InChI=1S/C14H19N3O2/c1-11(10-16)5-6-14(18)17-12-3-2-4-13(9-12)19-8-7-15/h2-4,9,11H,5-6,8,10,16H2,1H3,(H,17,18). The third-order valence-corrected chi connectivity index (χ3v) is 2.69. The average molecular weight is 261 g/mol. The van der Waals surface area contributed by atoms with E-state index >= 15 is 0 Å². The highest BCUT2D eigenvalue weighted by molar-refractivity contribution is 5.90. The Hall–Kier alpha value is -2.06. The highest BCUT2D eigenvalue weighted by Crippen LogP contribution is 2.17. The van der Waals surface area contributed by atoms with Crippen LogP contribution >= 0.6 is 0 Å². The number of hydrogen-bond donors (Lipinski definition) is 2. The van der Waals surface area contributed by atoms with Gasteiger partial charge in [-0.15, -0.1) is 0 Å². The average Bonchev–Trinajstić information content (AvgIpc) is 2.43. The zero-order chi connectivity index (χ0) is 14.1. The number of ether oxygens (including phenoxy) is 1. The summed E-state index contributed by atoms with van der Waals surface area (Å²) in [7, 11) is 0. The molecule has 0 aliphatic carbocycles. The number of anilines is 1. The Bertz CT molecular complexity index is 454. The van der Waals surface area contributed by atoms with Crippen LogP contribution in [0.1, 0.15) is 19.8 Å². The van der Waals surface area contributed by atoms with E-state index < -0.39 is 0 Å². The summed E-state index contributed by atoms with van der Waals surface area (Å²) in [5.41, 5.74) is 6.17. The quantitative estimate of drug-likeness (QED) is 0.784. The van der Waals surface area contributed by atoms with Gasteiger partial charge in [0.25, 0.3) is 0 Å². The summed E-state index contributed by atoms with van der Waals surface area (Å²) in [4.78, 5) is 11.7. The Morgan fingerprint density at radius 1 is 1.58 bits per heavy atom. The molecule has 0 fully saturated rings. The molecule has 1 rings (SSSR count). The van der Waals surface area contributed by atoms with Gasteiger partial charge in [-0.1, -0.05) is 13.0 Å². The molecule has 0 bridgehead atoms. The van der Waals surface area contributed by atoms with E-state index in [1.807, 2.05) is 13.0 Å². The zero-order valence-electron chi connectivity index (χ0n) is 11.1. The van der Waals surface area contributed by atoms with Gasteiger partial charge >= 0.3 is 0 Å². The second-order valence-electron chi connectivity index (χ2n) is 4.40. The van der Waals surface area contributed by atoms with Crippen molar-refractivity contribution in [2.75, 3.05) is 18.5 Å². The molecule has 1 atom stereocenters. The first kappa shape index (κ1) is 15.0. The molecule has 0 saturated heterocycles. The van der Waals surface area contributed by atoms with Crippen LogP contribution in [0.4, 0.5) is 5.69 Å². The lowest BCUT2D eigenvalue weighted by Crippen LogP contribution is -2.16. The van der Waals surface area contributed by atoms with Crippen LogP contribution in [0.15, 0.2) is 24.3 Å². The van der Waals surface area contributed by atoms with Crippen LogP contribution in [0.25, 0.3) is 0 Å². The summed E-state index contributed by atoms with van der Waals surface area (Å²) in [5.74, 6) is 0.864. The van der Waals surface area contributed by atoms with Crippen LogP contribution in [0, 0.1) is 17.2 Å². The first-order valence-electron chi connectivity index (χ1n) is 6.25. The minimum Gasteiger partial charge on any atom is -0.479 e. The van der Waals surface area contributed by atoms with E-state index in [0.29, 0.717) is 30.3 Å². The number of hydrogen-bond acceptors (Lipinski definition) is 4. The molecule has 0 aliphatic heterocycles. The molecule has 102 valence electrons. The predicted molar refractivity (Wildman–Crippen MR) is 73.6 cm³/mol. The summed E-state index contributed by atoms with van der Waals surface area (Å²) in [6, 6.07) is 8.88. The lowest BCUT2D eigenvalue weighted by atomic mass is 10.1. The van der Waals surface area contributed by atoms with E-state index in [1.54, 1.807) is 24.3 Å². The number of carbonyl (C=O) groups is 1. The van der Waals surface area contributed by atoms with Gasteiger partial charge in [-0.05, 0) is 31.0 Å². The fourth-order valence-corrected chi connectivity index (χ4v) is 1.50. The second-order valence-corrected chi connectivity index (χ2v) is 4.40. The predicted octanol–water partition coefficient (Wildman–Crippen LogP) is 1.90. The molecule has 1 aromatic rings. The maximum atomic E-state index is 11.7. The Morgan fingerprint density at radius 3 is 3.05 bits per heavy atom. The van der Waals surface area contributed by atoms with Crippen molar-refractivity contribution in [3.63, 3.8) is 0 Å². The number of benzene rings is 1. The molecule has 1 amide bonds. The van der Waals surface area contributed by atoms with Crippen LogP contribution in [-0.4, -0.2) is 19.1 Å². The highest BCUT2D eigenvalue weighted by atomic mass is 16.5. The molecule has 5 nitrogen and oxygen atoms in total. The third kappa shape index (κ3) is 5.89. The lowest BCUT2D eigenvalue weighted by molar-refractivity contribution is -0.116. The van der Waals surface area contributed by atoms with Crippen LogP contribution in [0.5, 0.6) is 5.75 Å². The maximum absolute atomic E-state index is 11.7. The van der Waals surface area contributed by atoms with Crippen LogP contribution < -0.4 is 15.8 Å². The van der Waals surface area contributed by atoms with Crippen molar-refractivity contribution in [2.45, 2.75) is 19.8 Å². The van der Waals surface area contributed by atoms with E-state index in [0.717, 1.165) is 6.42 Å². The van der Waals surface area contributed by atoms with Crippen molar-refractivity contribution < 1.29 is 9.53 Å². The molecule has 1 aromatic carbocycles. The minimum atomic E-state index is -0.0438. The normalized spacial score (nSPS) is 11.4. The summed E-state index contributed by atoms with van der Waals surface area (Å²) in [5, 5.41) is 11.2. The number of amides is 1. The number of carbonyl (C=O) groups excluding carboxylic acids is 1. The molecule has 0 radical (unpaired) electrons. The fourth-order valence-electron chi connectivity index (χ4n) is 1.50. The van der Waals surface area contributed by atoms with Crippen molar-refractivity contribution in [2.24, 2.45) is 11.7 Å². The molecule has 5 heteroatoms. The van der Waals surface area contributed by atoms with Gasteiger partial charge in [-0.2, -0.15) is 5.26 Å². The molecule has 0 saturated carbocycles. The molecule has 0 spiro atoms. The molecular weight excluding hydrogens is 242 g/mol. The number of nitriles is 1. The fraction of sp³-hybridized carbons (Fsp3) is 0.429. The third-order valence-electron chi connectivity index (χ3n) is 2.69. The van der Waals surface area contributed by atoms with Gasteiger partial charge in [0, 0.05) is 18.2 Å². The summed E-state index contributed by atoms with van der Waals surface area (Å²) in [6.45, 7) is 2.60. The van der Waals surface area contributed by atoms with Crippen LogP contribution in [-0.2, 0) is 4.79 Å². The van der Waals surface area contributed by atoms with Crippen molar-refractivity contribution in [3.8, 4) is 11.8 Å². The minimum absolute atomic E-state index is 0.00852. The molecule has 0 heterocycles. The molecule has 1 unspecified atom stereocenters. The molecule has 3 N–H and O–H groups in total. The van der Waals surface area contributed by atoms with E-state index in [1.165, 1.54) is 0 Å². The first-order chi connectivity index (χ1) is 9.15. The molecule has 19 heavy (non-hydrogen) atoms. The van der Waals surface area contributed by atoms with E-state index in [2.05, 4.69) is 5.32 Å². The van der Waals surface area contributed by atoms with Gasteiger partial charge in [0.05, 0.1) is 0 Å². The smallest absolute Gasteiger partial charge is 0.224 e. The second kappa shape index (κ2) is 8.11. The SMILES string of the molecule is CC(CN)CCC(=O)Nc1cccc(OCC#N)c1. The Morgan fingerprint density at radius 2 is 2.37 bits per heavy atom. The number of nitrogens with one attached hydrogen (secondary N) is 1. The Kier molecular flexibility index (Phi) is 6.41. The van der Waals surface area contributed by atoms with Crippen molar-refractivity contribution in [3.05, 3.63) is 24.3 Å². The zero-order valence-corrected chi connectivity index (χ0v) is 11.1. The van der Waals surface area contributed by atoms with Crippen molar-refractivity contribution in [1.29, 1.82) is 5.26 Å². The van der Waals surface area contributed by atoms with E-state index in [-0.39, 0.29) is 12.5 Å². The highest BCUT2D eigenvalue weighted by Gasteiger charge is 2.06. The summed E-state index contributed by atoms with van der Waals surface area (Å²) >= 11 is 0. The van der Waals surface area contributed by atoms with Gasteiger partial charge < -0.3 is 15.8 Å². The Labute approximate surface area is 113 Å². The van der Waals surface area contributed by atoms with Crippen molar-refractivity contribution >= 4 is 11.6 Å². The van der Waals surface area contributed by atoms with Gasteiger partial charge in [-0.3, -0.25) is 4.79 Å². The largest absolute Gasteiger partial charge is 0.479 e. The van der Waals surface area contributed by atoms with E-state index in [4.69, 9.17) is 15.7 Å². The Balaban J connectivity index is 2.47. The molecule has 0 aromatic heterocycles. The van der Waals surface area contributed by atoms with Gasteiger partial charge in [0.15, 0.2) is 6.61 Å². The van der Waals surface area contributed by atoms with Gasteiger partial charge in [-0.25, -0.2) is 0 Å². The lowest BCUT2D eigenvalue weighted by Gasteiger charge is -2.09. The number of nitrogens with two attached hydrogens (primary N) is 1. The first-order valence-corrected chi connectivity index (χ1v) is 6.25. The van der Waals surface area contributed by atoms with Gasteiger partial charge in [0.2, 0.25) is 5.91 Å². The van der Waals surface area contributed by atoms with Crippen molar-refractivity contribution in [1.82, 2.24) is 0 Å². The molecule has 0 aliphatic rings.